The second-order valence-corrected chi connectivity index (χ2v) is 4.96. The molecule has 0 spiro atoms. The van der Waals surface area contributed by atoms with Gasteiger partial charge in [-0.25, -0.2) is 0 Å². The van der Waals surface area contributed by atoms with E-state index in [0.717, 1.165) is 11.5 Å². The summed E-state index contributed by atoms with van der Waals surface area (Å²) in [6.45, 7) is 0. The van der Waals surface area contributed by atoms with Crippen LogP contribution < -0.4 is 4.74 Å². The third-order valence-electron chi connectivity index (χ3n) is 2.55. The second-order valence-electron chi connectivity index (χ2n) is 4.14. The molecule has 3 rings (SSSR count). The zero-order valence-corrected chi connectivity index (χ0v) is 12.8. The lowest BCUT2D eigenvalue weighted by atomic mass is 10.3. The van der Waals surface area contributed by atoms with Gasteiger partial charge in [-0.15, -0.1) is 0 Å². The Bertz CT molecular complexity index is 596. The molecule has 3 aromatic rings. The van der Waals surface area contributed by atoms with Gasteiger partial charge in [0.05, 0.1) is 10.0 Å². The van der Waals surface area contributed by atoms with Crippen molar-refractivity contribution in [2.75, 3.05) is 0 Å². The van der Waals surface area contributed by atoms with Crippen LogP contribution in [0.1, 0.15) is 0 Å². The van der Waals surface area contributed by atoms with Crippen LogP contribution in [0.15, 0.2) is 84.9 Å². The van der Waals surface area contributed by atoms with Crippen molar-refractivity contribution in [3.05, 3.63) is 95.0 Å². The SMILES string of the molecule is Clc1ccccc1Cl.c1ccc(Oc2ccccc2)cc1. The summed E-state index contributed by atoms with van der Waals surface area (Å²) in [5.74, 6) is 1.74. The zero-order chi connectivity index (χ0) is 14.9. The molecule has 0 fully saturated rings. The Hall–Kier alpha value is -1.96. The number of halogens is 2. The van der Waals surface area contributed by atoms with Crippen LogP contribution in [0.3, 0.4) is 0 Å². The highest BCUT2D eigenvalue weighted by Crippen LogP contribution is 2.20. The first-order valence-corrected chi connectivity index (χ1v) is 7.19. The molecule has 3 heteroatoms. The van der Waals surface area contributed by atoms with Gasteiger partial charge in [0.2, 0.25) is 0 Å². The Labute approximate surface area is 134 Å². The number of para-hydroxylation sites is 2. The van der Waals surface area contributed by atoms with Crippen molar-refractivity contribution >= 4 is 23.2 Å². The highest BCUT2D eigenvalue weighted by molar-refractivity contribution is 6.41. The van der Waals surface area contributed by atoms with Crippen molar-refractivity contribution in [2.45, 2.75) is 0 Å². The molecule has 0 atom stereocenters. The van der Waals surface area contributed by atoms with Gasteiger partial charge in [-0.1, -0.05) is 71.7 Å². The summed E-state index contributed by atoms with van der Waals surface area (Å²) in [5.41, 5.74) is 0. The number of rotatable bonds is 2. The fourth-order valence-corrected chi connectivity index (χ4v) is 1.82. The fraction of sp³-hybridized carbons (Fsp3) is 0. The smallest absolute Gasteiger partial charge is 0.127 e. The van der Waals surface area contributed by atoms with E-state index in [4.69, 9.17) is 27.9 Å². The molecule has 106 valence electrons. The molecule has 0 aliphatic rings. The molecule has 0 amide bonds. The topological polar surface area (TPSA) is 9.23 Å². The van der Waals surface area contributed by atoms with Crippen molar-refractivity contribution in [1.29, 1.82) is 0 Å². The minimum atomic E-state index is 0.606. The van der Waals surface area contributed by atoms with E-state index >= 15 is 0 Å². The van der Waals surface area contributed by atoms with Crippen molar-refractivity contribution in [3.8, 4) is 11.5 Å². The predicted octanol–water partition coefficient (Wildman–Crippen LogP) is 6.47. The van der Waals surface area contributed by atoms with E-state index in [1.165, 1.54) is 0 Å². The third kappa shape index (κ3) is 5.50. The fourth-order valence-electron chi connectivity index (χ4n) is 1.55. The van der Waals surface area contributed by atoms with E-state index in [9.17, 15) is 0 Å². The van der Waals surface area contributed by atoms with Gasteiger partial charge in [-0.2, -0.15) is 0 Å². The number of hydrogen-bond donors (Lipinski definition) is 0. The molecular formula is C18H14Cl2O. The molecule has 1 nitrogen and oxygen atoms in total. The monoisotopic (exact) mass is 316 g/mol. The van der Waals surface area contributed by atoms with Crippen LogP contribution in [0.2, 0.25) is 10.0 Å². The third-order valence-corrected chi connectivity index (χ3v) is 3.30. The largest absolute Gasteiger partial charge is 0.457 e. The lowest BCUT2D eigenvalue weighted by Crippen LogP contribution is -1.81. The van der Waals surface area contributed by atoms with Gasteiger partial charge in [-0.3, -0.25) is 0 Å². The lowest BCUT2D eigenvalue weighted by Gasteiger charge is -2.03. The highest BCUT2D eigenvalue weighted by atomic mass is 35.5. The van der Waals surface area contributed by atoms with Gasteiger partial charge < -0.3 is 4.74 Å². The van der Waals surface area contributed by atoms with E-state index in [-0.39, 0.29) is 0 Å². The summed E-state index contributed by atoms with van der Waals surface area (Å²) in [7, 11) is 0. The van der Waals surface area contributed by atoms with E-state index in [1.807, 2.05) is 72.8 Å². The highest BCUT2D eigenvalue weighted by Gasteiger charge is 1.92. The lowest BCUT2D eigenvalue weighted by molar-refractivity contribution is 0.482. The van der Waals surface area contributed by atoms with E-state index in [1.54, 1.807) is 12.1 Å². The van der Waals surface area contributed by atoms with Crippen LogP contribution >= 0.6 is 23.2 Å². The molecule has 0 aromatic heterocycles. The molecule has 0 bridgehead atoms. The van der Waals surface area contributed by atoms with Crippen molar-refractivity contribution in [2.24, 2.45) is 0 Å². The first-order valence-electron chi connectivity index (χ1n) is 6.43. The van der Waals surface area contributed by atoms with Gasteiger partial charge >= 0.3 is 0 Å². The van der Waals surface area contributed by atoms with Crippen molar-refractivity contribution in [1.82, 2.24) is 0 Å². The molecular weight excluding hydrogens is 303 g/mol. The molecule has 0 N–H and O–H groups in total. The average molecular weight is 317 g/mol. The van der Waals surface area contributed by atoms with E-state index in [2.05, 4.69) is 0 Å². The maximum absolute atomic E-state index is 5.58. The maximum Gasteiger partial charge on any atom is 0.127 e. The van der Waals surface area contributed by atoms with Crippen LogP contribution in [-0.2, 0) is 0 Å². The van der Waals surface area contributed by atoms with Crippen molar-refractivity contribution < 1.29 is 4.74 Å². The van der Waals surface area contributed by atoms with Crippen LogP contribution in [0.5, 0.6) is 11.5 Å². The molecule has 0 aliphatic carbocycles. The summed E-state index contributed by atoms with van der Waals surface area (Å²) < 4.78 is 5.58. The van der Waals surface area contributed by atoms with Gasteiger partial charge in [0, 0.05) is 0 Å². The summed E-state index contributed by atoms with van der Waals surface area (Å²) in [6, 6.07) is 26.7. The standard InChI is InChI=1S/C12H10O.C6H4Cl2/c1-3-7-11(8-4-1)13-12-9-5-2-6-10-12;7-5-3-1-2-4-6(5)8/h1-10H;1-4H. The number of benzene rings is 3. The zero-order valence-electron chi connectivity index (χ0n) is 11.2. The molecule has 0 heterocycles. The van der Waals surface area contributed by atoms with Crippen LogP contribution in [0, 0.1) is 0 Å². The van der Waals surface area contributed by atoms with Crippen LogP contribution in [0.25, 0.3) is 0 Å². The maximum atomic E-state index is 5.58. The normalized spacial score (nSPS) is 9.43. The van der Waals surface area contributed by atoms with Gasteiger partial charge in [0.1, 0.15) is 11.5 Å². The van der Waals surface area contributed by atoms with Crippen LogP contribution in [-0.4, -0.2) is 0 Å². The first kappa shape index (κ1) is 15.4. The molecule has 0 saturated carbocycles. The Morgan fingerprint density at radius 3 is 1.14 bits per heavy atom. The van der Waals surface area contributed by atoms with Crippen LogP contribution in [0.4, 0.5) is 0 Å². The molecule has 0 saturated heterocycles. The first-order chi connectivity index (χ1) is 10.3. The van der Waals surface area contributed by atoms with Gasteiger partial charge in [-0.05, 0) is 36.4 Å². The van der Waals surface area contributed by atoms with Gasteiger partial charge in [0.15, 0.2) is 0 Å². The number of ether oxygens (including phenoxy) is 1. The molecule has 3 aromatic carbocycles. The Morgan fingerprint density at radius 1 is 0.476 bits per heavy atom. The molecule has 0 radical (unpaired) electrons. The summed E-state index contributed by atoms with van der Waals surface area (Å²) in [5, 5.41) is 1.21. The predicted molar refractivity (Wildman–Crippen MR) is 89.4 cm³/mol. The summed E-state index contributed by atoms with van der Waals surface area (Å²) in [6.07, 6.45) is 0. The minimum absolute atomic E-state index is 0.606. The minimum Gasteiger partial charge on any atom is -0.457 e. The molecule has 0 aliphatic heterocycles. The summed E-state index contributed by atoms with van der Waals surface area (Å²) >= 11 is 11.2. The second kappa shape index (κ2) is 8.35. The Morgan fingerprint density at radius 2 is 0.810 bits per heavy atom. The molecule has 0 unspecified atom stereocenters. The van der Waals surface area contributed by atoms with E-state index < -0.39 is 0 Å². The van der Waals surface area contributed by atoms with Crippen molar-refractivity contribution in [3.63, 3.8) is 0 Å². The molecule has 21 heavy (non-hydrogen) atoms. The Balaban J connectivity index is 0.000000173. The van der Waals surface area contributed by atoms with E-state index in [0.29, 0.717) is 10.0 Å². The Kier molecular flexibility index (Phi) is 6.14. The average Bonchev–Trinajstić information content (AvgIpc) is 2.53. The number of hydrogen-bond acceptors (Lipinski definition) is 1. The summed E-state index contributed by atoms with van der Waals surface area (Å²) in [4.78, 5) is 0. The quantitative estimate of drug-likeness (QED) is 0.526. The van der Waals surface area contributed by atoms with Gasteiger partial charge in [0.25, 0.3) is 0 Å².